The summed E-state index contributed by atoms with van der Waals surface area (Å²) in [5.74, 6) is -0.308. The van der Waals surface area contributed by atoms with Gasteiger partial charge in [-0.05, 0) is 39.2 Å². The highest BCUT2D eigenvalue weighted by atomic mass is 32.2. The van der Waals surface area contributed by atoms with Gasteiger partial charge in [0, 0.05) is 16.3 Å². The Kier molecular flexibility index (Phi) is 5.58. The van der Waals surface area contributed by atoms with Crippen molar-refractivity contribution < 1.29 is 9.59 Å². The first-order valence-electron chi connectivity index (χ1n) is 8.44. The molecule has 1 fully saturated rings. The summed E-state index contributed by atoms with van der Waals surface area (Å²) < 4.78 is 0. The minimum Gasteiger partial charge on any atom is -0.335 e. The molecule has 1 atom stereocenters. The van der Waals surface area contributed by atoms with Gasteiger partial charge in [0.2, 0.25) is 5.91 Å². The van der Waals surface area contributed by atoms with E-state index in [-0.39, 0.29) is 11.9 Å². The van der Waals surface area contributed by atoms with Crippen LogP contribution < -0.4 is 10.6 Å². The SMILES string of the molecule is Cc1sc2ncnc(S[C@H](C)C(=O)NC(=O)NC3CCCC3)c2c1C. The molecule has 0 radical (unpaired) electrons. The van der Waals surface area contributed by atoms with Crippen molar-refractivity contribution in [3.05, 3.63) is 16.8 Å². The minimum absolute atomic E-state index is 0.189. The monoisotopic (exact) mass is 378 g/mol. The molecule has 1 saturated carbocycles. The molecule has 0 bridgehead atoms. The van der Waals surface area contributed by atoms with Gasteiger partial charge in [0.25, 0.3) is 0 Å². The number of imide groups is 1. The number of amides is 3. The maximum absolute atomic E-state index is 12.3. The molecule has 1 aliphatic rings. The lowest BCUT2D eigenvalue weighted by molar-refractivity contribution is -0.119. The third-order valence-electron chi connectivity index (χ3n) is 4.52. The molecule has 0 spiro atoms. The van der Waals surface area contributed by atoms with Crippen LogP contribution in [0.5, 0.6) is 0 Å². The van der Waals surface area contributed by atoms with Crippen molar-refractivity contribution in [2.24, 2.45) is 0 Å². The molecule has 2 heterocycles. The molecule has 0 aliphatic heterocycles. The van der Waals surface area contributed by atoms with Crippen LogP contribution in [0.1, 0.15) is 43.0 Å². The number of aromatic nitrogens is 2. The van der Waals surface area contributed by atoms with Crippen molar-refractivity contribution in [3.63, 3.8) is 0 Å². The van der Waals surface area contributed by atoms with Gasteiger partial charge in [-0.2, -0.15) is 0 Å². The van der Waals surface area contributed by atoms with Gasteiger partial charge in [0.05, 0.1) is 5.25 Å². The summed E-state index contributed by atoms with van der Waals surface area (Å²) in [5, 5.41) is 6.67. The molecule has 1 aliphatic carbocycles. The van der Waals surface area contributed by atoms with E-state index in [0.29, 0.717) is 0 Å². The fraction of sp³-hybridized carbons (Fsp3) is 0.529. The number of thioether (sulfide) groups is 1. The van der Waals surface area contributed by atoms with Crippen LogP contribution in [0.2, 0.25) is 0 Å². The highest BCUT2D eigenvalue weighted by Gasteiger charge is 2.22. The summed E-state index contributed by atoms with van der Waals surface area (Å²) in [6, 6.07) is -0.214. The second-order valence-electron chi connectivity index (χ2n) is 6.35. The second-order valence-corrected chi connectivity index (χ2v) is 8.88. The molecule has 6 nitrogen and oxygen atoms in total. The highest BCUT2D eigenvalue weighted by molar-refractivity contribution is 8.00. The lowest BCUT2D eigenvalue weighted by Gasteiger charge is -2.15. The lowest BCUT2D eigenvalue weighted by atomic mass is 10.2. The molecule has 2 aromatic heterocycles. The summed E-state index contributed by atoms with van der Waals surface area (Å²) in [5.41, 5.74) is 1.15. The number of thiophene rings is 1. The van der Waals surface area contributed by atoms with Gasteiger partial charge in [-0.3, -0.25) is 10.1 Å². The standard InChI is InChI=1S/C17H22N4O2S2/c1-9-10(2)24-15-13(9)16(19-8-18-15)25-11(3)14(22)21-17(23)20-12-6-4-5-7-12/h8,11-12H,4-7H2,1-3H3,(H2,20,21,22,23)/t11-/m1/s1. The van der Waals surface area contributed by atoms with Crippen LogP contribution in [0.25, 0.3) is 10.2 Å². The van der Waals surface area contributed by atoms with Gasteiger partial charge >= 0.3 is 6.03 Å². The van der Waals surface area contributed by atoms with Crippen molar-refractivity contribution >= 4 is 45.3 Å². The van der Waals surface area contributed by atoms with Gasteiger partial charge in [-0.15, -0.1) is 11.3 Å². The third-order valence-corrected chi connectivity index (χ3v) is 6.73. The maximum Gasteiger partial charge on any atom is 0.321 e. The van der Waals surface area contributed by atoms with Crippen LogP contribution in [0.3, 0.4) is 0 Å². The average molecular weight is 379 g/mol. The van der Waals surface area contributed by atoms with E-state index in [2.05, 4.69) is 27.5 Å². The van der Waals surface area contributed by atoms with Crippen LogP contribution in [-0.2, 0) is 4.79 Å². The van der Waals surface area contributed by atoms with Gasteiger partial charge in [-0.1, -0.05) is 24.6 Å². The van der Waals surface area contributed by atoms with Gasteiger partial charge in [0.1, 0.15) is 16.2 Å². The normalized spacial score (nSPS) is 16.1. The Morgan fingerprint density at radius 3 is 2.72 bits per heavy atom. The first-order chi connectivity index (χ1) is 12.0. The molecular weight excluding hydrogens is 356 g/mol. The van der Waals surface area contributed by atoms with Crippen LogP contribution in [0.15, 0.2) is 11.4 Å². The molecule has 3 rings (SSSR count). The molecule has 134 valence electrons. The number of hydrogen-bond acceptors (Lipinski definition) is 6. The Morgan fingerprint density at radius 2 is 2.00 bits per heavy atom. The lowest BCUT2D eigenvalue weighted by Crippen LogP contribution is -2.45. The first kappa shape index (κ1) is 18.1. The van der Waals surface area contributed by atoms with E-state index in [1.165, 1.54) is 23.0 Å². The number of carbonyl (C=O) groups excluding carboxylic acids is 2. The van der Waals surface area contributed by atoms with Gasteiger partial charge in [0.15, 0.2) is 0 Å². The quantitative estimate of drug-likeness (QED) is 0.628. The zero-order valence-electron chi connectivity index (χ0n) is 14.6. The number of nitrogens with one attached hydrogen (secondary N) is 2. The van der Waals surface area contributed by atoms with Crippen molar-refractivity contribution in [2.45, 2.75) is 62.8 Å². The number of rotatable bonds is 4. The van der Waals surface area contributed by atoms with Crippen LogP contribution in [0, 0.1) is 13.8 Å². The molecule has 2 N–H and O–H groups in total. The summed E-state index contributed by atoms with van der Waals surface area (Å²) in [7, 11) is 0. The topological polar surface area (TPSA) is 84.0 Å². The third kappa shape index (κ3) is 4.12. The van der Waals surface area contributed by atoms with E-state index in [4.69, 9.17) is 0 Å². The number of hydrogen-bond donors (Lipinski definition) is 2. The number of aryl methyl sites for hydroxylation is 2. The molecule has 2 aromatic rings. The van der Waals surface area contributed by atoms with Crippen molar-refractivity contribution in [1.29, 1.82) is 0 Å². The zero-order valence-corrected chi connectivity index (χ0v) is 16.2. The maximum atomic E-state index is 12.3. The molecule has 8 heteroatoms. The Labute approximate surface area is 155 Å². The summed E-state index contributed by atoms with van der Waals surface area (Å²) in [6.07, 6.45) is 5.77. The van der Waals surface area contributed by atoms with Crippen molar-refractivity contribution in [2.75, 3.05) is 0 Å². The highest BCUT2D eigenvalue weighted by Crippen LogP contribution is 2.35. The van der Waals surface area contributed by atoms with Gasteiger partial charge in [-0.25, -0.2) is 14.8 Å². The molecule has 25 heavy (non-hydrogen) atoms. The van der Waals surface area contributed by atoms with Crippen LogP contribution in [0.4, 0.5) is 4.79 Å². The predicted molar refractivity (Wildman–Crippen MR) is 101 cm³/mol. The predicted octanol–water partition coefficient (Wildman–Crippen LogP) is 3.56. The number of urea groups is 1. The summed E-state index contributed by atoms with van der Waals surface area (Å²) in [4.78, 5) is 35.1. The smallest absolute Gasteiger partial charge is 0.321 e. The number of carbonyl (C=O) groups is 2. The second kappa shape index (κ2) is 7.70. The van der Waals surface area contributed by atoms with E-state index in [1.54, 1.807) is 18.3 Å². The Hall–Kier alpha value is -1.67. The van der Waals surface area contributed by atoms with E-state index in [0.717, 1.165) is 46.5 Å². The minimum atomic E-state index is -0.424. The fourth-order valence-corrected chi connectivity index (χ4v) is 5.00. The fourth-order valence-electron chi connectivity index (χ4n) is 2.97. The first-order valence-corrected chi connectivity index (χ1v) is 10.1. The Balaban J connectivity index is 1.64. The molecule has 0 unspecified atom stereocenters. The summed E-state index contributed by atoms with van der Waals surface area (Å²) in [6.45, 7) is 5.88. The Bertz CT molecular complexity index is 799. The molecule has 3 amide bonds. The largest absolute Gasteiger partial charge is 0.335 e. The molecule has 0 aromatic carbocycles. The summed E-state index contributed by atoms with van der Waals surface area (Å²) >= 11 is 2.98. The number of fused-ring (bicyclic) bond motifs is 1. The van der Waals surface area contributed by atoms with Crippen LogP contribution in [-0.4, -0.2) is 33.2 Å². The zero-order chi connectivity index (χ0) is 18.0. The van der Waals surface area contributed by atoms with Crippen molar-refractivity contribution in [1.82, 2.24) is 20.6 Å². The molecular formula is C17H22N4O2S2. The van der Waals surface area contributed by atoms with E-state index in [9.17, 15) is 9.59 Å². The van der Waals surface area contributed by atoms with Crippen molar-refractivity contribution in [3.8, 4) is 0 Å². The van der Waals surface area contributed by atoms with E-state index in [1.807, 2.05) is 6.92 Å². The molecule has 0 saturated heterocycles. The number of nitrogens with zero attached hydrogens (tertiary/aromatic N) is 2. The van der Waals surface area contributed by atoms with Gasteiger partial charge < -0.3 is 5.32 Å². The van der Waals surface area contributed by atoms with E-state index < -0.39 is 11.3 Å². The average Bonchev–Trinajstić information content (AvgIpc) is 3.16. The van der Waals surface area contributed by atoms with E-state index >= 15 is 0 Å². The Morgan fingerprint density at radius 1 is 1.28 bits per heavy atom. The van der Waals surface area contributed by atoms with Crippen LogP contribution >= 0.6 is 23.1 Å².